The Morgan fingerprint density at radius 2 is 2.50 bits per heavy atom. The van der Waals surface area contributed by atoms with E-state index in [9.17, 15) is 4.79 Å². The number of fused-ring (bicyclic) bond motifs is 1. The average Bonchev–Trinajstić information content (AvgIpc) is 2.59. The summed E-state index contributed by atoms with van der Waals surface area (Å²) >= 11 is 0. The van der Waals surface area contributed by atoms with Crippen LogP contribution in [0.25, 0.3) is 10.9 Å². The molecule has 0 bridgehead atoms. The third kappa shape index (κ3) is 1.50. The number of amides is 1. The minimum Gasteiger partial charge on any atom is -0.341 e. The van der Waals surface area contributed by atoms with Crippen LogP contribution >= 0.6 is 0 Å². The van der Waals surface area contributed by atoms with Gasteiger partial charge in [0.05, 0.1) is 5.52 Å². The van der Waals surface area contributed by atoms with Crippen molar-refractivity contribution < 1.29 is 4.79 Å². The number of rotatable bonds is 2. The Kier molecular flexibility index (Phi) is 2.02. The van der Waals surface area contributed by atoms with Crippen LogP contribution in [0, 0.1) is 0 Å². The number of hydrogen-bond acceptors (Lipinski definition) is 2. The maximum absolute atomic E-state index is 11.0. The van der Waals surface area contributed by atoms with Crippen molar-refractivity contribution in [1.82, 2.24) is 9.97 Å². The fourth-order valence-corrected chi connectivity index (χ4v) is 1.22. The number of carbonyl (C=O) groups is 1. The topological polar surface area (TPSA) is 57.8 Å². The second-order valence-corrected chi connectivity index (χ2v) is 2.84. The lowest BCUT2D eigenvalue weighted by Crippen LogP contribution is -2.07. The summed E-state index contributed by atoms with van der Waals surface area (Å²) in [4.78, 5) is 18.0. The van der Waals surface area contributed by atoms with Crippen LogP contribution in [0.2, 0.25) is 0 Å². The minimum absolute atomic E-state index is 0.232. The van der Waals surface area contributed by atoms with E-state index in [2.05, 4.69) is 21.9 Å². The molecule has 4 heteroatoms. The van der Waals surface area contributed by atoms with Crippen molar-refractivity contribution in [3.63, 3.8) is 0 Å². The van der Waals surface area contributed by atoms with Crippen LogP contribution in [0.1, 0.15) is 0 Å². The van der Waals surface area contributed by atoms with Crippen molar-refractivity contribution in [2.75, 3.05) is 5.32 Å². The first-order chi connectivity index (χ1) is 6.79. The van der Waals surface area contributed by atoms with Gasteiger partial charge in [-0.05, 0) is 18.2 Å². The molecule has 0 aromatic carbocycles. The lowest BCUT2D eigenvalue weighted by Gasteiger charge is -1.95. The molecule has 2 N–H and O–H groups in total. The first-order valence-electron chi connectivity index (χ1n) is 4.16. The van der Waals surface area contributed by atoms with Crippen LogP contribution < -0.4 is 5.32 Å². The fourth-order valence-electron chi connectivity index (χ4n) is 1.22. The number of hydrogen-bond donors (Lipinski definition) is 2. The molecule has 4 nitrogen and oxygen atoms in total. The summed E-state index contributed by atoms with van der Waals surface area (Å²) in [5.74, 6) is 0.419. The molecule has 2 aromatic heterocycles. The minimum atomic E-state index is -0.232. The molecule has 0 spiro atoms. The molecule has 14 heavy (non-hydrogen) atoms. The number of aromatic amines is 1. The van der Waals surface area contributed by atoms with E-state index in [-0.39, 0.29) is 5.91 Å². The summed E-state index contributed by atoms with van der Waals surface area (Å²) in [6, 6.07) is 3.67. The van der Waals surface area contributed by atoms with Crippen molar-refractivity contribution >= 4 is 22.6 Å². The normalized spacial score (nSPS) is 10.0. The van der Waals surface area contributed by atoms with Gasteiger partial charge in [0.25, 0.3) is 0 Å². The van der Waals surface area contributed by atoms with Crippen molar-refractivity contribution in [2.45, 2.75) is 0 Å². The van der Waals surface area contributed by atoms with Crippen LogP contribution in [0.15, 0.2) is 37.2 Å². The second-order valence-electron chi connectivity index (χ2n) is 2.84. The van der Waals surface area contributed by atoms with Gasteiger partial charge >= 0.3 is 0 Å². The fraction of sp³-hybridized carbons (Fsp3) is 0. The zero-order valence-electron chi connectivity index (χ0n) is 7.45. The van der Waals surface area contributed by atoms with E-state index in [0.717, 1.165) is 10.9 Å². The summed E-state index contributed by atoms with van der Waals surface area (Å²) in [5.41, 5.74) is 0.944. The van der Waals surface area contributed by atoms with Crippen LogP contribution in [0.5, 0.6) is 0 Å². The lowest BCUT2D eigenvalue weighted by atomic mass is 10.3. The average molecular weight is 187 g/mol. The van der Waals surface area contributed by atoms with Crippen molar-refractivity contribution in [2.24, 2.45) is 0 Å². The SMILES string of the molecule is C=CC(=O)Nc1cc2cnccc2[nH]1. The van der Waals surface area contributed by atoms with Gasteiger partial charge in [-0.25, -0.2) is 0 Å². The predicted molar refractivity (Wildman–Crippen MR) is 54.9 cm³/mol. The molecule has 2 heterocycles. The Bertz CT molecular complexity index is 454. The molecule has 0 atom stereocenters. The molecule has 0 aliphatic carbocycles. The van der Waals surface area contributed by atoms with Gasteiger partial charge in [0, 0.05) is 17.8 Å². The maximum atomic E-state index is 11.0. The maximum Gasteiger partial charge on any atom is 0.248 e. The quantitative estimate of drug-likeness (QED) is 0.703. The monoisotopic (exact) mass is 187 g/mol. The number of aromatic nitrogens is 2. The molecule has 0 unspecified atom stereocenters. The highest BCUT2D eigenvalue weighted by atomic mass is 16.1. The Balaban J connectivity index is 2.35. The number of carbonyl (C=O) groups excluding carboxylic acids is 1. The van der Waals surface area contributed by atoms with Crippen molar-refractivity contribution in [1.29, 1.82) is 0 Å². The number of anilines is 1. The van der Waals surface area contributed by atoms with Crippen LogP contribution in [0.4, 0.5) is 5.82 Å². The summed E-state index contributed by atoms with van der Waals surface area (Å²) < 4.78 is 0. The molecule has 0 aliphatic rings. The second kappa shape index (κ2) is 3.33. The van der Waals surface area contributed by atoms with Gasteiger partial charge in [0.15, 0.2) is 0 Å². The van der Waals surface area contributed by atoms with Gasteiger partial charge < -0.3 is 10.3 Å². The zero-order chi connectivity index (χ0) is 9.97. The van der Waals surface area contributed by atoms with Crippen molar-refractivity contribution in [3.8, 4) is 0 Å². The lowest BCUT2D eigenvalue weighted by molar-refractivity contribution is -0.111. The highest BCUT2D eigenvalue weighted by molar-refractivity contribution is 6.00. The highest BCUT2D eigenvalue weighted by Crippen LogP contribution is 2.16. The summed E-state index contributed by atoms with van der Waals surface area (Å²) in [7, 11) is 0. The number of nitrogens with zero attached hydrogens (tertiary/aromatic N) is 1. The summed E-state index contributed by atoms with van der Waals surface area (Å²) in [5, 5.41) is 3.61. The van der Waals surface area contributed by atoms with Gasteiger partial charge in [0.1, 0.15) is 5.82 Å². The van der Waals surface area contributed by atoms with Gasteiger partial charge in [-0.3, -0.25) is 9.78 Å². The van der Waals surface area contributed by atoms with Gasteiger partial charge in [-0.2, -0.15) is 0 Å². The Morgan fingerprint density at radius 3 is 3.21 bits per heavy atom. The van der Waals surface area contributed by atoms with Gasteiger partial charge in [0.2, 0.25) is 5.91 Å². The first-order valence-corrected chi connectivity index (χ1v) is 4.16. The van der Waals surface area contributed by atoms with E-state index in [0.29, 0.717) is 5.82 Å². The molecule has 2 aromatic rings. The van der Waals surface area contributed by atoms with Gasteiger partial charge in [-0.1, -0.05) is 6.58 Å². The molecular formula is C10H9N3O. The largest absolute Gasteiger partial charge is 0.341 e. The number of pyridine rings is 1. The summed E-state index contributed by atoms with van der Waals surface area (Å²) in [6.45, 7) is 3.37. The molecule has 0 fully saturated rings. The Morgan fingerprint density at radius 1 is 1.64 bits per heavy atom. The summed E-state index contributed by atoms with van der Waals surface area (Å²) in [6.07, 6.45) is 4.65. The molecule has 0 aliphatic heterocycles. The first kappa shape index (κ1) is 8.50. The van der Waals surface area contributed by atoms with E-state index in [1.54, 1.807) is 12.4 Å². The predicted octanol–water partition coefficient (Wildman–Crippen LogP) is 1.69. The van der Waals surface area contributed by atoms with Gasteiger partial charge in [-0.15, -0.1) is 0 Å². The smallest absolute Gasteiger partial charge is 0.248 e. The third-order valence-corrected chi connectivity index (χ3v) is 1.86. The van der Waals surface area contributed by atoms with E-state index >= 15 is 0 Å². The molecule has 1 amide bonds. The molecule has 70 valence electrons. The molecule has 0 saturated heterocycles. The number of H-pyrrole nitrogens is 1. The third-order valence-electron chi connectivity index (χ3n) is 1.86. The standard InChI is InChI=1S/C10H9N3O/c1-2-10(14)13-9-5-7-6-11-4-3-8(7)12-9/h2-6,12H,1H2,(H,13,14). The molecule has 0 radical (unpaired) electrons. The highest BCUT2D eigenvalue weighted by Gasteiger charge is 2.01. The van der Waals surface area contributed by atoms with E-state index in [1.165, 1.54) is 6.08 Å². The molecular weight excluding hydrogens is 178 g/mol. The van der Waals surface area contributed by atoms with E-state index in [1.807, 2.05) is 12.1 Å². The van der Waals surface area contributed by atoms with Crippen LogP contribution in [-0.2, 0) is 4.79 Å². The van der Waals surface area contributed by atoms with E-state index in [4.69, 9.17) is 0 Å². The zero-order valence-corrected chi connectivity index (χ0v) is 7.45. The van der Waals surface area contributed by atoms with E-state index < -0.39 is 0 Å². The van der Waals surface area contributed by atoms with Crippen LogP contribution in [-0.4, -0.2) is 15.9 Å². The molecule has 2 rings (SSSR count). The Hall–Kier alpha value is -2.10. The number of nitrogens with one attached hydrogen (secondary N) is 2. The molecule has 0 saturated carbocycles. The van der Waals surface area contributed by atoms with Crippen molar-refractivity contribution in [3.05, 3.63) is 37.2 Å². The Labute approximate surface area is 80.7 Å². The van der Waals surface area contributed by atoms with Crippen LogP contribution in [0.3, 0.4) is 0 Å².